The van der Waals surface area contributed by atoms with Crippen molar-refractivity contribution in [3.05, 3.63) is 30.3 Å². The molecule has 0 fully saturated rings. The largest absolute Gasteiger partial charge is 0.494 e. The molecule has 0 aliphatic heterocycles. The van der Waals surface area contributed by atoms with Gasteiger partial charge in [-0.05, 0) is 19.1 Å². The Hall–Kier alpha value is -2.24. The van der Waals surface area contributed by atoms with Crippen molar-refractivity contribution in [2.24, 2.45) is 0 Å². The molecule has 0 radical (unpaired) electrons. The molecule has 0 saturated heterocycles. The Bertz CT molecular complexity index is 547. The van der Waals surface area contributed by atoms with Crippen molar-refractivity contribution in [1.82, 2.24) is 15.0 Å². The third-order valence-corrected chi connectivity index (χ3v) is 2.29. The number of nitrogens with one attached hydrogen (secondary N) is 1. The van der Waals surface area contributed by atoms with Crippen molar-refractivity contribution in [2.75, 3.05) is 19.0 Å². The van der Waals surface area contributed by atoms with Crippen molar-refractivity contribution >= 4 is 5.95 Å². The molecule has 1 N–H and O–H groups in total. The van der Waals surface area contributed by atoms with Gasteiger partial charge in [0.15, 0.2) is 5.82 Å². The Morgan fingerprint density at radius 2 is 2.17 bits per heavy atom. The van der Waals surface area contributed by atoms with E-state index in [1.165, 1.54) is 7.11 Å². The number of aromatic nitrogens is 3. The molecule has 0 aliphatic carbocycles. The van der Waals surface area contributed by atoms with Crippen LogP contribution in [0.2, 0.25) is 0 Å². The monoisotopic (exact) mass is 248 g/mol. The number of nitrogens with zero attached hydrogens (tertiary/aromatic N) is 3. The Kier molecular flexibility index (Phi) is 3.66. The van der Waals surface area contributed by atoms with Crippen LogP contribution in [0.1, 0.15) is 6.92 Å². The number of hydrogen-bond donors (Lipinski definition) is 1. The first-order chi connectivity index (χ1) is 8.76. The Morgan fingerprint density at radius 3 is 2.89 bits per heavy atom. The van der Waals surface area contributed by atoms with Gasteiger partial charge in [-0.3, -0.25) is 4.98 Å². The summed E-state index contributed by atoms with van der Waals surface area (Å²) < 4.78 is 18.9. The summed E-state index contributed by atoms with van der Waals surface area (Å²) >= 11 is 0. The number of halogens is 1. The summed E-state index contributed by atoms with van der Waals surface area (Å²) in [5, 5.41) is 2.92. The number of rotatable bonds is 4. The van der Waals surface area contributed by atoms with Gasteiger partial charge in [0.25, 0.3) is 0 Å². The summed E-state index contributed by atoms with van der Waals surface area (Å²) in [4.78, 5) is 12.0. The fraction of sp³-hybridized carbons (Fsp3) is 0.250. The van der Waals surface area contributed by atoms with Gasteiger partial charge in [0.05, 0.1) is 13.3 Å². The third kappa shape index (κ3) is 2.37. The maximum Gasteiger partial charge on any atom is 0.223 e. The zero-order chi connectivity index (χ0) is 13.0. The van der Waals surface area contributed by atoms with E-state index in [2.05, 4.69) is 20.3 Å². The topological polar surface area (TPSA) is 59.9 Å². The van der Waals surface area contributed by atoms with Crippen LogP contribution in [0, 0.1) is 5.82 Å². The molecule has 0 spiro atoms. The second-order valence-corrected chi connectivity index (χ2v) is 3.47. The molecule has 0 aromatic carbocycles. The quantitative estimate of drug-likeness (QED) is 0.898. The van der Waals surface area contributed by atoms with Gasteiger partial charge in [-0.25, -0.2) is 14.4 Å². The average Bonchev–Trinajstić information content (AvgIpc) is 2.41. The van der Waals surface area contributed by atoms with E-state index in [0.717, 1.165) is 6.20 Å². The van der Waals surface area contributed by atoms with Gasteiger partial charge >= 0.3 is 0 Å². The van der Waals surface area contributed by atoms with Crippen molar-refractivity contribution in [3.63, 3.8) is 0 Å². The van der Waals surface area contributed by atoms with Gasteiger partial charge in [0.1, 0.15) is 17.1 Å². The third-order valence-electron chi connectivity index (χ3n) is 2.29. The van der Waals surface area contributed by atoms with Crippen LogP contribution in [-0.2, 0) is 0 Å². The van der Waals surface area contributed by atoms with E-state index in [4.69, 9.17) is 4.74 Å². The minimum atomic E-state index is -0.534. The highest BCUT2D eigenvalue weighted by molar-refractivity contribution is 5.63. The summed E-state index contributed by atoms with van der Waals surface area (Å²) in [5.41, 5.74) is 0.484. The molecule has 2 aromatic rings. The summed E-state index contributed by atoms with van der Waals surface area (Å²) in [6.45, 7) is 2.57. The molecule has 94 valence electrons. The van der Waals surface area contributed by atoms with Crippen molar-refractivity contribution in [2.45, 2.75) is 6.92 Å². The lowest BCUT2D eigenvalue weighted by Crippen LogP contribution is -2.05. The molecule has 0 aliphatic rings. The summed E-state index contributed by atoms with van der Waals surface area (Å²) in [6.07, 6.45) is 2.68. The van der Waals surface area contributed by atoms with Gasteiger partial charge in [-0.2, -0.15) is 0 Å². The zero-order valence-electron chi connectivity index (χ0n) is 10.1. The summed E-state index contributed by atoms with van der Waals surface area (Å²) in [7, 11) is 1.50. The second-order valence-electron chi connectivity index (χ2n) is 3.47. The van der Waals surface area contributed by atoms with E-state index in [1.54, 1.807) is 18.3 Å². The van der Waals surface area contributed by atoms with Crippen molar-refractivity contribution in [1.29, 1.82) is 0 Å². The minimum absolute atomic E-state index is 0.124. The number of hydrogen-bond acceptors (Lipinski definition) is 5. The van der Waals surface area contributed by atoms with Gasteiger partial charge in [0.2, 0.25) is 5.95 Å². The molecular formula is C12H13FN4O. The fourth-order valence-electron chi connectivity index (χ4n) is 1.51. The Balaban J connectivity index is 2.51. The molecule has 6 heteroatoms. The molecule has 0 unspecified atom stereocenters. The summed E-state index contributed by atoms with van der Waals surface area (Å²) in [5.74, 6) is 0.299. The number of anilines is 1. The number of methoxy groups -OCH3 is 1. The first-order valence-corrected chi connectivity index (χ1v) is 5.52. The van der Waals surface area contributed by atoms with E-state index >= 15 is 0 Å². The highest BCUT2D eigenvalue weighted by atomic mass is 19.1. The average molecular weight is 248 g/mol. The number of ether oxygens (including phenoxy) is 1. The zero-order valence-corrected chi connectivity index (χ0v) is 10.1. The van der Waals surface area contributed by atoms with E-state index in [0.29, 0.717) is 23.9 Å². The van der Waals surface area contributed by atoms with Crippen LogP contribution in [0.5, 0.6) is 5.75 Å². The highest BCUT2D eigenvalue weighted by Crippen LogP contribution is 2.27. The molecule has 2 aromatic heterocycles. The second kappa shape index (κ2) is 5.39. The smallest absolute Gasteiger partial charge is 0.223 e. The molecule has 0 bridgehead atoms. The standard InChI is InChI=1S/C12H13FN4O/c1-3-14-12-16-7-8(13)10(17-12)11-9(18-2)5-4-6-15-11/h4-7H,3H2,1-2H3,(H,14,16,17). The molecular weight excluding hydrogens is 235 g/mol. The molecule has 0 saturated carbocycles. The minimum Gasteiger partial charge on any atom is -0.494 e. The van der Waals surface area contributed by atoms with Crippen molar-refractivity contribution in [3.8, 4) is 17.1 Å². The molecule has 2 rings (SSSR count). The predicted molar refractivity (Wildman–Crippen MR) is 65.9 cm³/mol. The molecule has 2 heterocycles. The van der Waals surface area contributed by atoms with E-state index < -0.39 is 5.82 Å². The Morgan fingerprint density at radius 1 is 1.33 bits per heavy atom. The molecule has 18 heavy (non-hydrogen) atoms. The lowest BCUT2D eigenvalue weighted by Gasteiger charge is -2.08. The lowest BCUT2D eigenvalue weighted by atomic mass is 10.2. The van der Waals surface area contributed by atoms with Gasteiger partial charge in [0, 0.05) is 12.7 Å². The molecule has 0 atom stereocenters. The van der Waals surface area contributed by atoms with Crippen LogP contribution in [0.3, 0.4) is 0 Å². The van der Waals surface area contributed by atoms with Crippen LogP contribution in [-0.4, -0.2) is 28.6 Å². The maximum atomic E-state index is 13.8. The fourth-order valence-corrected chi connectivity index (χ4v) is 1.51. The van der Waals surface area contributed by atoms with Crippen LogP contribution in [0.25, 0.3) is 11.4 Å². The van der Waals surface area contributed by atoms with E-state index in [-0.39, 0.29) is 5.69 Å². The molecule has 5 nitrogen and oxygen atoms in total. The summed E-state index contributed by atoms with van der Waals surface area (Å²) in [6, 6.07) is 3.42. The normalized spacial score (nSPS) is 10.2. The highest BCUT2D eigenvalue weighted by Gasteiger charge is 2.14. The van der Waals surface area contributed by atoms with Crippen LogP contribution in [0.15, 0.2) is 24.5 Å². The first-order valence-electron chi connectivity index (χ1n) is 5.52. The van der Waals surface area contributed by atoms with Crippen LogP contribution < -0.4 is 10.1 Å². The lowest BCUT2D eigenvalue weighted by molar-refractivity contribution is 0.414. The van der Waals surface area contributed by atoms with E-state index in [9.17, 15) is 4.39 Å². The van der Waals surface area contributed by atoms with Crippen molar-refractivity contribution < 1.29 is 9.13 Å². The van der Waals surface area contributed by atoms with Crippen LogP contribution in [0.4, 0.5) is 10.3 Å². The predicted octanol–water partition coefficient (Wildman–Crippen LogP) is 2.12. The van der Waals surface area contributed by atoms with Crippen LogP contribution >= 0.6 is 0 Å². The SMILES string of the molecule is CCNc1ncc(F)c(-c2ncccc2OC)n1. The molecule has 0 amide bonds. The maximum absolute atomic E-state index is 13.8. The van der Waals surface area contributed by atoms with Gasteiger partial charge < -0.3 is 10.1 Å². The Labute approximate surface area is 104 Å². The van der Waals surface area contributed by atoms with Gasteiger partial charge in [-0.15, -0.1) is 0 Å². The van der Waals surface area contributed by atoms with Gasteiger partial charge in [-0.1, -0.05) is 0 Å². The van der Waals surface area contributed by atoms with E-state index in [1.807, 2.05) is 6.92 Å². The first kappa shape index (κ1) is 12.2. The number of pyridine rings is 1.